The number of pyridine rings is 1. The average molecular weight is 218 g/mol. The van der Waals surface area contributed by atoms with Crippen LogP contribution >= 0.6 is 0 Å². The number of halogens is 1. The number of nitrogens with two attached hydrogens (primary N) is 1. The summed E-state index contributed by atoms with van der Waals surface area (Å²) in [7, 11) is 0.500. The summed E-state index contributed by atoms with van der Waals surface area (Å²) in [6, 6.07) is 12.2. The molecule has 1 heterocycles. The molecule has 2 nitrogen and oxygen atoms in total. The molecule has 3 heteroatoms. The summed E-state index contributed by atoms with van der Waals surface area (Å²) >= 11 is 0. The van der Waals surface area contributed by atoms with E-state index in [4.69, 9.17) is 5.73 Å². The van der Waals surface area contributed by atoms with Crippen LogP contribution in [0.3, 0.4) is 0 Å². The van der Waals surface area contributed by atoms with Crippen molar-refractivity contribution in [2.24, 2.45) is 5.73 Å². The molecule has 1 aromatic heterocycles. The fraction of sp³-hybridized carbons (Fsp3) is 0.154. The quantitative estimate of drug-likeness (QED) is 0.841. The van der Waals surface area contributed by atoms with Gasteiger partial charge in [-0.2, -0.15) is 0 Å². The minimum absolute atomic E-state index is 0.500. The molecular weight excluding hydrogens is 203 g/mol. The van der Waals surface area contributed by atoms with Crippen molar-refractivity contribution in [2.75, 3.05) is 7.18 Å². The number of hydrogen-bond donors (Lipinski definition) is 1. The first-order valence-corrected chi connectivity index (χ1v) is 4.97. The van der Waals surface area contributed by atoms with Gasteiger partial charge in [-0.1, -0.05) is 30.3 Å². The van der Waals surface area contributed by atoms with Gasteiger partial charge in [-0.3, -0.25) is 9.37 Å². The molecule has 0 aliphatic carbocycles. The van der Waals surface area contributed by atoms with Crippen molar-refractivity contribution < 1.29 is 4.39 Å². The van der Waals surface area contributed by atoms with E-state index in [2.05, 4.69) is 23.2 Å². The summed E-state index contributed by atoms with van der Waals surface area (Å²) in [5.74, 6) is 0. The molecule has 0 fully saturated rings. The maximum Gasteiger partial charge on any atom is 0.0785 e. The molecule has 84 valence electrons. The molecule has 0 spiro atoms. The Bertz CT molecular complexity index is 415. The van der Waals surface area contributed by atoms with Crippen LogP contribution in [0.4, 0.5) is 4.39 Å². The van der Waals surface area contributed by atoms with Crippen molar-refractivity contribution in [3.05, 3.63) is 54.4 Å². The lowest BCUT2D eigenvalue weighted by molar-refractivity contribution is 0.636. The minimum atomic E-state index is 0.500. The topological polar surface area (TPSA) is 38.9 Å². The molecule has 0 aliphatic heterocycles. The maximum absolute atomic E-state index is 9.50. The predicted molar refractivity (Wildman–Crippen MR) is 64.6 cm³/mol. The first-order valence-electron chi connectivity index (χ1n) is 4.97. The van der Waals surface area contributed by atoms with Crippen LogP contribution < -0.4 is 5.73 Å². The van der Waals surface area contributed by atoms with Gasteiger partial charge in [0.25, 0.3) is 0 Å². The van der Waals surface area contributed by atoms with Gasteiger partial charge < -0.3 is 5.73 Å². The minimum Gasteiger partial charge on any atom is -0.326 e. The standard InChI is InChI=1S/C12H12N2.CH3F/c13-7-10-6-12(9-14-8-10)11-4-2-1-3-5-11;1-2/h1-6,8-9H,7,13H2;1H3. The van der Waals surface area contributed by atoms with Crippen LogP contribution in [0.1, 0.15) is 5.56 Å². The summed E-state index contributed by atoms with van der Waals surface area (Å²) in [4.78, 5) is 4.15. The number of nitrogens with zero attached hydrogens (tertiary/aromatic N) is 1. The highest BCUT2D eigenvalue weighted by Crippen LogP contribution is 2.18. The van der Waals surface area contributed by atoms with Crippen molar-refractivity contribution >= 4 is 0 Å². The molecule has 2 rings (SSSR count). The predicted octanol–water partition coefficient (Wildman–Crippen LogP) is 2.79. The third-order valence-corrected chi connectivity index (χ3v) is 2.14. The maximum atomic E-state index is 9.50. The van der Waals surface area contributed by atoms with Gasteiger partial charge in [-0.15, -0.1) is 0 Å². The summed E-state index contributed by atoms with van der Waals surface area (Å²) in [6.07, 6.45) is 3.65. The molecule has 0 atom stereocenters. The summed E-state index contributed by atoms with van der Waals surface area (Å²) in [6.45, 7) is 0.535. The molecule has 2 aromatic rings. The zero-order valence-corrected chi connectivity index (χ0v) is 9.23. The van der Waals surface area contributed by atoms with Crippen LogP contribution in [0.15, 0.2) is 48.8 Å². The van der Waals surface area contributed by atoms with E-state index < -0.39 is 0 Å². The Hall–Kier alpha value is -1.74. The highest BCUT2D eigenvalue weighted by molar-refractivity contribution is 5.62. The second-order valence-electron chi connectivity index (χ2n) is 3.15. The fourth-order valence-electron chi connectivity index (χ4n) is 1.39. The lowest BCUT2D eigenvalue weighted by atomic mass is 10.1. The Morgan fingerprint density at radius 2 is 1.75 bits per heavy atom. The Morgan fingerprint density at radius 3 is 2.38 bits per heavy atom. The number of hydrogen-bond acceptors (Lipinski definition) is 2. The van der Waals surface area contributed by atoms with Crippen molar-refractivity contribution in [3.8, 4) is 11.1 Å². The van der Waals surface area contributed by atoms with Crippen molar-refractivity contribution in [3.63, 3.8) is 0 Å². The Morgan fingerprint density at radius 1 is 1.06 bits per heavy atom. The Labute approximate surface area is 94.9 Å². The zero-order valence-electron chi connectivity index (χ0n) is 9.23. The molecule has 1 aromatic carbocycles. The largest absolute Gasteiger partial charge is 0.326 e. The van der Waals surface area contributed by atoms with Crippen LogP contribution in [-0.2, 0) is 6.54 Å². The Kier molecular flexibility index (Phi) is 5.16. The van der Waals surface area contributed by atoms with Crippen LogP contribution in [0.25, 0.3) is 11.1 Å². The number of rotatable bonds is 2. The van der Waals surface area contributed by atoms with Gasteiger partial charge in [-0.05, 0) is 17.2 Å². The first kappa shape index (κ1) is 12.3. The van der Waals surface area contributed by atoms with E-state index in [0.717, 1.165) is 11.1 Å². The molecular formula is C13H15FN2. The highest BCUT2D eigenvalue weighted by Gasteiger charge is 1.97. The van der Waals surface area contributed by atoms with Crippen LogP contribution in [0.5, 0.6) is 0 Å². The van der Waals surface area contributed by atoms with Crippen LogP contribution in [0, 0.1) is 0 Å². The molecule has 2 N–H and O–H groups in total. The van der Waals surface area contributed by atoms with Crippen molar-refractivity contribution in [2.45, 2.75) is 6.54 Å². The second kappa shape index (κ2) is 6.69. The smallest absolute Gasteiger partial charge is 0.0785 e. The van der Waals surface area contributed by atoms with Crippen LogP contribution in [-0.4, -0.2) is 12.2 Å². The third kappa shape index (κ3) is 3.14. The van der Waals surface area contributed by atoms with E-state index in [1.165, 1.54) is 5.56 Å². The van der Waals surface area contributed by atoms with Gasteiger partial charge in [0.1, 0.15) is 0 Å². The average Bonchev–Trinajstić information content (AvgIpc) is 2.42. The fourth-order valence-corrected chi connectivity index (χ4v) is 1.39. The summed E-state index contributed by atoms with van der Waals surface area (Å²) < 4.78 is 9.50. The molecule has 0 aliphatic rings. The molecule has 0 amide bonds. The third-order valence-electron chi connectivity index (χ3n) is 2.14. The normalized spacial score (nSPS) is 9.19. The second-order valence-corrected chi connectivity index (χ2v) is 3.15. The van der Waals surface area contributed by atoms with E-state index in [1.807, 2.05) is 24.4 Å². The van der Waals surface area contributed by atoms with E-state index >= 15 is 0 Å². The molecule has 16 heavy (non-hydrogen) atoms. The first-order chi connectivity index (χ1) is 7.90. The SMILES string of the molecule is CF.NCc1cncc(-c2ccccc2)c1. The monoisotopic (exact) mass is 218 g/mol. The van der Waals surface area contributed by atoms with E-state index in [1.54, 1.807) is 6.20 Å². The summed E-state index contributed by atoms with van der Waals surface area (Å²) in [5.41, 5.74) is 8.91. The lowest BCUT2D eigenvalue weighted by Crippen LogP contribution is -1.96. The van der Waals surface area contributed by atoms with Gasteiger partial charge >= 0.3 is 0 Å². The van der Waals surface area contributed by atoms with E-state index in [0.29, 0.717) is 13.7 Å². The van der Waals surface area contributed by atoms with Crippen molar-refractivity contribution in [1.82, 2.24) is 4.98 Å². The van der Waals surface area contributed by atoms with Gasteiger partial charge in [0.05, 0.1) is 7.18 Å². The van der Waals surface area contributed by atoms with Crippen LogP contribution in [0.2, 0.25) is 0 Å². The number of alkyl halides is 1. The summed E-state index contributed by atoms with van der Waals surface area (Å²) in [5, 5.41) is 0. The van der Waals surface area contributed by atoms with Gasteiger partial charge in [-0.25, -0.2) is 0 Å². The molecule has 0 bridgehead atoms. The highest BCUT2D eigenvalue weighted by atomic mass is 19.1. The molecule has 0 saturated heterocycles. The molecule has 0 saturated carbocycles. The molecule has 0 radical (unpaired) electrons. The van der Waals surface area contributed by atoms with Gasteiger partial charge in [0, 0.05) is 24.5 Å². The van der Waals surface area contributed by atoms with Gasteiger partial charge in [0.15, 0.2) is 0 Å². The molecule has 0 unspecified atom stereocenters. The number of benzene rings is 1. The van der Waals surface area contributed by atoms with E-state index in [9.17, 15) is 4.39 Å². The van der Waals surface area contributed by atoms with Gasteiger partial charge in [0.2, 0.25) is 0 Å². The zero-order chi connectivity index (χ0) is 11.8. The van der Waals surface area contributed by atoms with E-state index in [-0.39, 0.29) is 0 Å². The van der Waals surface area contributed by atoms with Crippen molar-refractivity contribution in [1.29, 1.82) is 0 Å². The lowest BCUT2D eigenvalue weighted by Gasteiger charge is -2.02. The number of aromatic nitrogens is 1. The Balaban J connectivity index is 0.000000606.